The van der Waals surface area contributed by atoms with Gasteiger partial charge >= 0.3 is 0 Å². The van der Waals surface area contributed by atoms with Crippen LogP contribution < -0.4 is 0 Å². The number of hydrogen-bond donors (Lipinski definition) is 0. The summed E-state index contributed by atoms with van der Waals surface area (Å²) < 4.78 is 0. The smallest absolute Gasteiger partial charge is 0.0529 e. The molecule has 2 aliphatic carbocycles. The summed E-state index contributed by atoms with van der Waals surface area (Å²) >= 11 is 0. The second-order valence-corrected chi connectivity index (χ2v) is 6.92. The maximum absolute atomic E-state index is 2.39. The molecule has 120 valence electrons. The molecular weight excluding hydrogens is 300 g/mol. The number of fused-ring (bicyclic) bond motifs is 3. The van der Waals surface area contributed by atoms with E-state index in [1.807, 2.05) is 0 Å². The molecule has 3 aromatic carbocycles. The Labute approximate surface area is 149 Å². The fourth-order valence-corrected chi connectivity index (χ4v) is 4.80. The Morgan fingerprint density at radius 2 is 1.24 bits per heavy atom. The molecular formula is C25H20. The van der Waals surface area contributed by atoms with E-state index in [0.29, 0.717) is 5.92 Å². The fourth-order valence-electron chi connectivity index (χ4n) is 4.80. The maximum Gasteiger partial charge on any atom is 0.0529 e. The van der Waals surface area contributed by atoms with Crippen molar-refractivity contribution in [1.82, 2.24) is 0 Å². The molecule has 3 aromatic rings. The van der Waals surface area contributed by atoms with Crippen molar-refractivity contribution < 1.29 is 0 Å². The number of hydrogen-bond acceptors (Lipinski definition) is 0. The quantitative estimate of drug-likeness (QED) is 0.532. The highest BCUT2D eigenvalue weighted by Gasteiger charge is 2.48. The van der Waals surface area contributed by atoms with Crippen LogP contribution in [0.4, 0.5) is 0 Å². The maximum atomic E-state index is 2.39. The van der Waals surface area contributed by atoms with Crippen LogP contribution >= 0.6 is 0 Å². The van der Waals surface area contributed by atoms with Gasteiger partial charge in [-0.25, -0.2) is 0 Å². The molecule has 25 heavy (non-hydrogen) atoms. The molecule has 0 amide bonds. The van der Waals surface area contributed by atoms with Gasteiger partial charge in [-0.1, -0.05) is 103 Å². The summed E-state index contributed by atoms with van der Waals surface area (Å²) in [6, 6.07) is 28.9. The zero-order valence-electron chi connectivity index (χ0n) is 14.1. The lowest BCUT2D eigenvalue weighted by molar-refractivity contribution is 0.457. The van der Waals surface area contributed by atoms with Crippen LogP contribution in [-0.2, 0) is 5.41 Å². The predicted molar refractivity (Wildman–Crippen MR) is 105 cm³/mol. The number of rotatable bonds is 2. The van der Waals surface area contributed by atoms with Gasteiger partial charge in [0.2, 0.25) is 0 Å². The first kappa shape index (κ1) is 14.5. The van der Waals surface area contributed by atoms with Gasteiger partial charge in [-0.15, -0.1) is 0 Å². The first-order valence-electron chi connectivity index (χ1n) is 9.00. The van der Waals surface area contributed by atoms with Gasteiger partial charge in [0.1, 0.15) is 0 Å². The van der Waals surface area contributed by atoms with E-state index in [4.69, 9.17) is 0 Å². The Balaban J connectivity index is 1.90. The van der Waals surface area contributed by atoms with Crippen molar-refractivity contribution in [1.29, 1.82) is 0 Å². The van der Waals surface area contributed by atoms with Gasteiger partial charge < -0.3 is 0 Å². The summed E-state index contributed by atoms with van der Waals surface area (Å²) in [5.41, 5.74) is 6.90. The molecule has 0 saturated carbocycles. The van der Waals surface area contributed by atoms with E-state index >= 15 is 0 Å². The third-order valence-electron chi connectivity index (χ3n) is 5.76. The van der Waals surface area contributed by atoms with Gasteiger partial charge in [0, 0.05) is 0 Å². The second kappa shape index (κ2) is 5.60. The van der Waals surface area contributed by atoms with Gasteiger partial charge in [0.15, 0.2) is 0 Å². The van der Waals surface area contributed by atoms with Crippen molar-refractivity contribution in [2.24, 2.45) is 5.92 Å². The topological polar surface area (TPSA) is 0 Å². The SMILES string of the molecule is C1=CCC(C2(c3ccccc3)c3ccccc3-c3ccccc32)C=C1. The monoisotopic (exact) mass is 320 g/mol. The molecule has 0 aromatic heterocycles. The molecule has 0 saturated heterocycles. The van der Waals surface area contributed by atoms with Gasteiger partial charge in [-0.2, -0.15) is 0 Å². The van der Waals surface area contributed by atoms with E-state index in [1.165, 1.54) is 27.8 Å². The third kappa shape index (κ3) is 1.94. The van der Waals surface area contributed by atoms with Crippen molar-refractivity contribution in [3.8, 4) is 11.1 Å². The molecule has 0 aliphatic heterocycles. The lowest BCUT2D eigenvalue weighted by Crippen LogP contribution is -2.35. The summed E-state index contributed by atoms with van der Waals surface area (Å²) in [4.78, 5) is 0. The van der Waals surface area contributed by atoms with Gasteiger partial charge in [-0.3, -0.25) is 0 Å². The molecule has 5 rings (SSSR count). The van der Waals surface area contributed by atoms with Crippen LogP contribution in [0.5, 0.6) is 0 Å². The summed E-state index contributed by atoms with van der Waals surface area (Å²) in [6.45, 7) is 0. The lowest BCUT2D eigenvalue weighted by atomic mass is 9.62. The first-order valence-corrected chi connectivity index (χ1v) is 9.00. The Morgan fingerprint density at radius 1 is 0.640 bits per heavy atom. The number of allylic oxidation sites excluding steroid dienone is 4. The Morgan fingerprint density at radius 3 is 1.84 bits per heavy atom. The van der Waals surface area contributed by atoms with E-state index in [2.05, 4.69) is 103 Å². The minimum absolute atomic E-state index is 0.115. The Bertz CT molecular complexity index is 930. The molecule has 0 heterocycles. The van der Waals surface area contributed by atoms with Crippen molar-refractivity contribution in [2.75, 3.05) is 0 Å². The van der Waals surface area contributed by atoms with E-state index < -0.39 is 0 Å². The lowest BCUT2D eigenvalue weighted by Gasteiger charge is -2.39. The summed E-state index contributed by atoms with van der Waals surface area (Å²) in [5, 5.41) is 0. The van der Waals surface area contributed by atoms with Gasteiger partial charge in [-0.05, 0) is 40.2 Å². The third-order valence-corrected chi connectivity index (χ3v) is 5.76. The fraction of sp³-hybridized carbons (Fsp3) is 0.120. The van der Waals surface area contributed by atoms with E-state index in [1.54, 1.807) is 0 Å². The highest BCUT2D eigenvalue weighted by molar-refractivity contribution is 5.83. The molecule has 0 spiro atoms. The van der Waals surface area contributed by atoms with Crippen molar-refractivity contribution in [3.05, 3.63) is 120 Å². The van der Waals surface area contributed by atoms with Crippen LogP contribution in [-0.4, -0.2) is 0 Å². The highest BCUT2D eigenvalue weighted by atomic mass is 14.5. The normalized spacial score (nSPS) is 19.4. The molecule has 0 fully saturated rings. The predicted octanol–water partition coefficient (Wildman–Crippen LogP) is 6.13. The Kier molecular flexibility index (Phi) is 3.24. The molecule has 0 bridgehead atoms. The minimum atomic E-state index is -0.115. The average molecular weight is 320 g/mol. The standard InChI is InChI=1S/C25H20/c1-3-11-19(12-4-1)25(20-13-5-2-6-14-20)23-17-9-7-15-21(23)22-16-8-10-18-24(22)25/h1-13,15-18,20H,14H2. The van der Waals surface area contributed by atoms with Crippen LogP contribution in [0.2, 0.25) is 0 Å². The zero-order valence-corrected chi connectivity index (χ0v) is 14.1. The largest absolute Gasteiger partial charge is 0.0839 e. The van der Waals surface area contributed by atoms with Gasteiger partial charge in [0.25, 0.3) is 0 Å². The Hall–Kier alpha value is -2.86. The molecule has 2 aliphatic rings. The first-order chi connectivity index (χ1) is 12.4. The van der Waals surface area contributed by atoms with Crippen LogP contribution in [0, 0.1) is 5.92 Å². The van der Waals surface area contributed by atoms with Crippen molar-refractivity contribution in [2.45, 2.75) is 11.8 Å². The van der Waals surface area contributed by atoms with E-state index in [-0.39, 0.29) is 5.41 Å². The second-order valence-electron chi connectivity index (χ2n) is 6.92. The van der Waals surface area contributed by atoms with E-state index in [0.717, 1.165) is 6.42 Å². The van der Waals surface area contributed by atoms with Crippen molar-refractivity contribution in [3.63, 3.8) is 0 Å². The van der Waals surface area contributed by atoms with Crippen LogP contribution in [0.25, 0.3) is 11.1 Å². The summed E-state index contributed by atoms with van der Waals surface area (Å²) in [7, 11) is 0. The molecule has 0 nitrogen and oxygen atoms in total. The zero-order chi connectivity index (χ0) is 16.7. The van der Waals surface area contributed by atoms with Crippen LogP contribution in [0.15, 0.2) is 103 Å². The molecule has 1 unspecified atom stereocenters. The minimum Gasteiger partial charge on any atom is -0.0839 e. The summed E-state index contributed by atoms with van der Waals surface area (Å²) in [5.74, 6) is 0.421. The molecule has 1 atom stereocenters. The highest BCUT2D eigenvalue weighted by Crippen LogP contribution is 2.57. The van der Waals surface area contributed by atoms with Crippen LogP contribution in [0.1, 0.15) is 23.1 Å². The molecule has 0 N–H and O–H groups in total. The van der Waals surface area contributed by atoms with Crippen molar-refractivity contribution >= 4 is 0 Å². The van der Waals surface area contributed by atoms with Crippen LogP contribution in [0.3, 0.4) is 0 Å². The average Bonchev–Trinajstić information content (AvgIpc) is 3.01. The number of benzene rings is 3. The molecule has 0 radical (unpaired) electrons. The van der Waals surface area contributed by atoms with E-state index in [9.17, 15) is 0 Å². The van der Waals surface area contributed by atoms with Gasteiger partial charge in [0.05, 0.1) is 5.41 Å². The summed E-state index contributed by atoms with van der Waals surface area (Å²) in [6.07, 6.45) is 10.1. The molecule has 0 heteroatoms.